The number of benzene rings is 2. The second-order valence-electron chi connectivity index (χ2n) is 7.29. The maximum absolute atomic E-state index is 13.8. The Morgan fingerprint density at radius 2 is 1.59 bits per heavy atom. The fourth-order valence-corrected chi connectivity index (χ4v) is 2.74. The van der Waals surface area contributed by atoms with Crippen molar-refractivity contribution in [2.75, 3.05) is 16.0 Å². The Morgan fingerprint density at radius 3 is 2.22 bits per heavy atom. The van der Waals surface area contributed by atoms with Gasteiger partial charge in [-0.2, -0.15) is 13.2 Å². The van der Waals surface area contributed by atoms with E-state index in [0.29, 0.717) is 29.7 Å². The number of halogens is 4. The van der Waals surface area contributed by atoms with Crippen LogP contribution < -0.4 is 16.0 Å². The number of amides is 3. The summed E-state index contributed by atoms with van der Waals surface area (Å²) in [6.07, 6.45) is -2.95. The van der Waals surface area contributed by atoms with Gasteiger partial charge in [-0.25, -0.2) is 9.18 Å². The van der Waals surface area contributed by atoms with E-state index in [-0.39, 0.29) is 11.8 Å². The number of rotatable bonds is 5. The molecule has 0 atom stereocenters. The molecule has 0 unspecified atom stereocenters. The van der Waals surface area contributed by atoms with Crippen LogP contribution in [0.1, 0.15) is 19.4 Å². The molecule has 32 heavy (non-hydrogen) atoms. The third-order valence-corrected chi connectivity index (χ3v) is 4.48. The van der Waals surface area contributed by atoms with E-state index in [4.69, 9.17) is 0 Å². The van der Waals surface area contributed by atoms with E-state index >= 15 is 0 Å². The average Bonchev–Trinajstić information content (AvgIpc) is 3.17. The second-order valence-corrected chi connectivity index (χ2v) is 7.29. The zero-order valence-electron chi connectivity index (χ0n) is 17.1. The van der Waals surface area contributed by atoms with Crippen molar-refractivity contribution in [2.45, 2.75) is 20.0 Å². The number of alkyl halides is 3. The first-order valence-corrected chi connectivity index (χ1v) is 9.57. The van der Waals surface area contributed by atoms with E-state index in [1.807, 2.05) is 0 Å². The number of aromatic nitrogens is 1. The lowest BCUT2D eigenvalue weighted by Crippen LogP contribution is -2.20. The van der Waals surface area contributed by atoms with Gasteiger partial charge in [0.05, 0.1) is 11.3 Å². The van der Waals surface area contributed by atoms with Gasteiger partial charge in [0.15, 0.2) is 0 Å². The van der Waals surface area contributed by atoms with Crippen molar-refractivity contribution in [2.24, 2.45) is 5.92 Å². The molecule has 4 N–H and O–H groups in total. The van der Waals surface area contributed by atoms with E-state index in [0.717, 1.165) is 11.1 Å². The van der Waals surface area contributed by atoms with Gasteiger partial charge >= 0.3 is 12.2 Å². The molecular weight excluding hydrogens is 428 g/mol. The van der Waals surface area contributed by atoms with E-state index in [1.165, 1.54) is 0 Å². The third-order valence-electron chi connectivity index (χ3n) is 4.48. The van der Waals surface area contributed by atoms with Crippen molar-refractivity contribution in [3.63, 3.8) is 0 Å². The van der Waals surface area contributed by atoms with Crippen LogP contribution in [0.3, 0.4) is 0 Å². The lowest BCUT2D eigenvalue weighted by atomic mass is 10.1. The van der Waals surface area contributed by atoms with Gasteiger partial charge in [0, 0.05) is 23.4 Å². The monoisotopic (exact) mass is 448 g/mol. The molecule has 1 heterocycles. The number of carbonyl (C=O) groups excluding carboxylic acids is 2. The first-order valence-electron chi connectivity index (χ1n) is 9.57. The fourth-order valence-electron chi connectivity index (χ4n) is 2.74. The van der Waals surface area contributed by atoms with Crippen LogP contribution >= 0.6 is 0 Å². The van der Waals surface area contributed by atoms with E-state index in [1.54, 1.807) is 50.4 Å². The van der Waals surface area contributed by atoms with Crippen LogP contribution in [0, 0.1) is 11.7 Å². The number of carbonyl (C=O) groups is 2. The fraction of sp³-hybridized carbons (Fsp3) is 0.182. The van der Waals surface area contributed by atoms with Crippen LogP contribution in [0.25, 0.3) is 11.1 Å². The molecule has 0 spiro atoms. The summed E-state index contributed by atoms with van der Waals surface area (Å²) in [5.41, 5.74) is 0.279. The minimum absolute atomic E-state index is 0.124. The van der Waals surface area contributed by atoms with E-state index < -0.39 is 29.3 Å². The molecule has 0 aliphatic heterocycles. The molecule has 0 saturated carbocycles. The van der Waals surface area contributed by atoms with Gasteiger partial charge in [0.2, 0.25) is 5.91 Å². The summed E-state index contributed by atoms with van der Waals surface area (Å²) < 4.78 is 52.1. The Hall–Kier alpha value is -3.82. The molecule has 0 aliphatic rings. The van der Waals surface area contributed by atoms with Crippen molar-refractivity contribution in [1.82, 2.24) is 4.98 Å². The maximum atomic E-state index is 13.8. The summed E-state index contributed by atoms with van der Waals surface area (Å²) in [4.78, 5) is 26.8. The predicted octanol–water partition coefficient (Wildman–Crippen LogP) is 6.08. The first kappa shape index (κ1) is 22.9. The van der Waals surface area contributed by atoms with Gasteiger partial charge in [0.25, 0.3) is 0 Å². The normalized spacial score (nSPS) is 11.3. The maximum Gasteiger partial charge on any atom is 0.416 e. The topological polar surface area (TPSA) is 86.0 Å². The van der Waals surface area contributed by atoms with Crippen LogP contribution in [-0.2, 0) is 11.0 Å². The molecule has 0 bridgehead atoms. The average molecular weight is 448 g/mol. The lowest BCUT2D eigenvalue weighted by molar-refractivity contribution is -0.137. The summed E-state index contributed by atoms with van der Waals surface area (Å²) in [6, 6.07) is 9.20. The Labute approximate surface area is 181 Å². The Kier molecular flexibility index (Phi) is 6.52. The zero-order valence-corrected chi connectivity index (χ0v) is 17.1. The lowest BCUT2D eigenvalue weighted by Gasteiger charge is -2.12. The Bertz CT molecular complexity index is 1120. The number of anilines is 3. The van der Waals surface area contributed by atoms with Gasteiger partial charge in [-0.05, 0) is 42.0 Å². The standard InChI is InChI=1S/C22H20F4N4O2/c1-12(2)20(31)30-19-9-14(11-27-19)13-3-6-16(7-4-13)28-21(32)29-18-10-15(22(24,25)26)5-8-17(18)23/h3-12,27H,1-2H3,(H,30,31)(H2,28,29,32). The molecule has 1 aromatic heterocycles. The van der Waals surface area contributed by atoms with E-state index in [9.17, 15) is 27.2 Å². The first-order chi connectivity index (χ1) is 15.0. The van der Waals surface area contributed by atoms with Crippen molar-refractivity contribution in [3.8, 4) is 11.1 Å². The highest BCUT2D eigenvalue weighted by Gasteiger charge is 2.31. The molecule has 3 rings (SSSR count). The minimum atomic E-state index is -4.66. The summed E-state index contributed by atoms with van der Waals surface area (Å²) in [5, 5.41) is 7.26. The second kappa shape index (κ2) is 9.13. The zero-order chi connectivity index (χ0) is 23.5. The van der Waals surface area contributed by atoms with Gasteiger partial charge < -0.3 is 20.9 Å². The van der Waals surface area contributed by atoms with Crippen LogP contribution in [0.5, 0.6) is 0 Å². The third kappa shape index (κ3) is 5.65. The van der Waals surface area contributed by atoms with Crippen LogP contribution in [0.2, 0.25) is 0 Å². The van der Waals surface area contributed by atoms with Gasteiger partial charge in [-0.15, -0.1) is 0 Å². The van der Waals surface area contributed by atoms with Crippen molar-refractivity contribution < 1.29 is 27.2 Å². The highest BCUT2D eigenvalue weighted by Crippen LogP contribution is 2.32. The van der Waals surface area contributed by atoms with Crippen LogP contribution in [0.15, 0.2) is 54.7 Å². The highest BCUT2D eigenvalue weighted by atomic mass is 19.4. The molecule has 0 fully saturated rings. The smallest absolute Gasteiger partial charge is 0.348 e. The predicted molar refractivity (Wildman–Crippen MR) is 114 cm³/mol. The number of nitrogens with one attached hydrogen (secondary N) is 4. The molecule has 168 valence electrons. The number of H-pyrrole nitrogens is 1. The molecule has 6 nitrogen and oxygen atoms in total. The summed E-state index contributed by atoms with van der Waals surface area (Å²) in [7, 11) is 0. The summed E-state index contributed by atoms with van der Waals surface area (Å²) in [5.74, 6) is -0.733. The molecule has 10 heteroatoms. The van der Waals surface area contributed by atoms with Crippen LogP contribution in [-0.4, -0.2) is 16.9 Å². The molecular formula is C22H20F4N4O2. The molecule has 3 aromatic rings. The number of urea groups is 1. The van der Waals surface area contributed by atoms with Crippen molar-refractivity contribution in [1.29, 1.82) is 0 Å². The largest absolute Gasteiger partial charge is 0.416 e. The summed E-state index contributed by atoms with van der Waals surface area (Å²) in [6.45, 7) is 3.56. The number of hydrogen-bond acceptors (Lipinski definition) is 2. The number of hydrogen-bond donors (Lipinski definition) is 4. The number of aromatic amines is 1. The highest BCUT2D eigenvalue weighted by molar-refractivity contribution is 6.00. The molecule has 3 amide bonds. The van der Waals surface area contributed by atoms with Gasteiger partial charge in [-0.3, -0.25) is 4.79 Å². The van der Waals surface area contributed by atoms with Crippen molar-refractivity contribution in [3.05, 3.63) is 66.1 Å². The van der Waals surface area contributed by atoms with Crippen molar-refractivity contribution >= 4 is 29.1 Å². The minimum Gasteiger partial charge on any atom is -0.348 e. The Balaban J connectivity index is 1.65. The van der Waals surface area contributed by atoms with Crippen LogP contribution in [0.4, 0.5) is 39.5 Å². The van der Waals surface area contributed by atoms with E-state index in [2.05, 4.69) is 20.9 Å². The molecule has 0 aliphatic carbocycles. The summed E-state index contributed by atoms with van der Waals surface area (Å²) >= 11 is 0. The SMILES string of the molecule is CC(C)C(=O)Nc1cc(-c2ccc(NC(=O)Nc3cc(C(F)(F)F)ccc3F)cc2)c[nH]1. The van der Waals surface area contributed by atoms with Gasteiger partial charge in [-0.1, -0.05) is 26.0 Å². The molecule has 2 aromatic carbocycles. The quantitative estimate of drug-likeness (QED) is 0.357. The van der Waals surface area contributed by atoms with Gasteiger partial charge in [0.1, 0.15) is 11.6 Å². The Morgan fingerprint density at radius 1 is 0.906 bits per heavy atom. The molecule has 0 saturated heterocycles. The molecule has 0 radical (unpaired) electrons.